The fraction of sp³-hybridized carbons (Fsp3) is 0.267. The molecule has 0 radical (unpaired) electrons. The maximum atomic E-state index is 12.4. The average molecular weight is 259 g/mol. The summed E-state index contributed by atoms with van der Waals surface area (Å²) in [4.78, 5) is 13.6. The predicted octanol–water partition coefficient (Wildman–Crippen LogP) is 3.05. The van der Waals surface area contributed by atoms with Gasteiger partial charge in [-0.25, -0.2) is 0 Å². The number of aryl methyl sites for hydroxylation is 1. The fourth-order valence-corrected chi connectivity index (χ4v) is 2.62. The van der Waals surface area contributed by atoms with Gasteiger partial charge in [0.15, 0.2) is 5.78 Å². The summed E-state index contributed by atoms with van der Waals surface area (Å²) in [6.45, 7) is 2.90. The summed E-state index contributed by atoms with van der Waals surface area (Å²) >= 11 is 1.62. The molecule has 94 valence electrons. The number of hydrogen-bond acceptors (Lipinski definition) is 3. The third-order valence-electron chi connectivity index (χ3n) is 2.90. The fourth-order valence-electron chi connectivity index (χ4n) is 1.94. The van der Waals surface area contributed by atoms with Crippen molar-refractivity contribution in [1.29, 1.82) is 0 Å². The Balaban J connectivity index is 2.29. The lowest BCUT2D eigenvalue weighted by Gasteiger charge is -2.07. The van der Waals surface area contributed by atoms with Gasteiger partial charge in [-0.05, 0) is 38.6 Å². The SMILES string of the molecule is CNCCc1ccccc1C(=O)c1csc(C)c1. The van der Waals surface area contributed by atoms with Crippen LogP contribution in [0.2, 0.25) is 0 Å². The molecule has 2 rings (SSSR count). The molecule has 1 aromatic heterocycles. The maximum Gasteiger partial charge on any atom is 0.194 e. The molecule has 0 amide bonds. The number of carbonyl (C=O) groups excluding carboxylic acids is 1. The van der Waals surface area contributed by atoms with Gasteiger partial charge in [-0.2, -0.15) is 0 Å². The van der Waals surface area contributed by atoms with Gasteiger partial charge in [0.1, 0.15) is 0 Å². The van der Waals surface area contributed by atoms with Crippen molar-refractivity contribution < 1.29 is 4.79 Å². The van der Waals surface area contributed by atoms with Crippen molar-refractivity contribution in [3.8, 4) is 0 Å². The highest BCUT2D eigenvalue weighted by Gasteiger charge is 2.13. The monoisotopic (exact) mass is 259 g/mol. The van der Waals surface area contributed by atoms with E-state index in [2.05, 4.69) is 5.32 Å². The number of thiophene rings is 1. The molecule has 1 heterocycles. The topological polar surface area (TPSA) is 29.1 Å². The van der Waals surface area contributed by atoms with E-state index in [1.807, 2.05) is 49.7 Å². The molecule has 0 bridgehead atoms. The number of hydrogen-bond donors (Lipinski definition) is 1. The molecule has 1 aromatic carbocycles. The molecule has 0 spiro atoms. The molecule has 0 unspecified atom stereocenters. The second kappa shape index (κ2) is 5.94. The van der Waals surface area contributed by atoms with Crippen LogP contribution in [-0.4, -0.2) is 19.4 Å². The summed E-state index contributed by atoms with van der Waals surface area (Å²) < 4.78 is 0. The van der Waals surface area contributed by atoms with Gasteiger partial charge in [-0.15, -0.1) is 11.3 Å². The van der Waals surface area contributed by atoms with Crippen LogP contribution in [0.3, 0.4) is 0 Å². The van der Waals surface area contributed by atoms with E-state index < -0.39 is 0 Å². The van der Waals surface area contributed by atoms with Crippen LogP contribution >= 0.6 is 11.3 Å². The zero-order chi connectivity index (χ0) is 13.0. The third kappa shape index (κ3) is 2.86. The molecule has 0 saturated carbocycles. The van der Waals surface area contributed by atoms with Crippen LogP contribution in [0.25, 0.3) is 0 Å². The molecule has 3 heteroatoms. The summed E-state index contributed by atoms with van der Waals surface area (Å²) in [5, 5.41) is 5.05. The van der Waals surface area contributed by atoms with E-state index in [1.165, 1.54) is 4.88 Å². The first kappa shape index (κ1) is 13.0. The second-order valence-corrected chi connectivity index (χ2v) is 5.40. The number of carbonyl (C=O) groups is 1. The van der Waals surface area contributed by atoms with Crippen LogP contribution in [0, 0.1) is 6.92 Å². The Labute approximate surface area is 112 Å². The highest BCUT2D eigenvalue weighted by atomic mass is 32.1. The molecular formula is C15H17NOS. The first-order valence-electron chi connectivity index (χ1n) is 6.04. The molecule has 0 aliphatic heterocycles. The summed E-state index contributed by atoms with van der Waals surface area (Å²) in [6.07, 6.45) is 0.877. The summed E-state index contributed by atoms with van der Waals surface area (Å²) in [6, 6.07) is 9.82. The van der Waals surface area contributed by atoms with Gasteiger partial charge < -0.3 is 5.32 Å². The zero-order valence-corrected chi connectivity index (χ0v) is 11.5. The molecular weight excluding hydrogens is 242 g/mol. The number of benzene rings is 1. The van der Waals surface area contributed by atoms with Crippen LogP contribution in [-0.2, 0) is 6.42 Å². The molecule has 1 N–H and O–H groups in total. The van der Waals surface area contributed by atoms with Gasteiger partial charge in [0.2, 0.25) is 0 Å². The van der Waals surface area contributed by atoms with E-state index in [9.17, 15) is 4.79 Å². The number of nitrogens with one attached hydrogen (secondary N) is 1. The zero-order valence-electron chi connectivity index (χ0n) is 10.7. The van der Waals surface area contributed by atoms with E-state index in [0.717, 1.165) is 29.7 Å². The lowest BCUT2D eigenvalue weighted by atomic mass is 9.98. The lowest BCUT2D eigenvalue weighted by Crippen LogP contribution is -2.13. The van der Waals surface area contributed by atoms with Gasteiger partial charge in [0.25, 0.3) is 0 Å². The highest BCUT2D eigenvalue weighted by molar-refractivity contribution is 7.10. The molecule has 0 saturated heterocycles. The van der Waals surface area contributed by atoms with Gasteiger partial charge in [0, 0.05) is 21.4 Å². The Morgan fingerprint density at radius 3 is 2.78 bits per heavy atom. The normalized spacial score (nSPS) is 10.6. The predicted molar refractivity (Wildman–Crippen MR) is 76.6 cm³/mol. The molecule has 2 nitrogen and oxygen atoms in total. The largest absolute Gasteiger partial charge is 0.319 e. The first-order chi connectivity index (χ1) is 8.72. The molecule has 0 fully saturated rings. The van der Waals surface area contributed by atoms with Gasteiger partial charge in [-0.1, -0.05) is 24.3 Å². The van der Waals surface area contributed by atoms with Crippen molar-refractivity contribution in [2.45, 2.75) is 13.3 Å². The van der Waals surface area contributed by atoms with Crippen LogP contribution in [0.4, 0.5) is 0 Å². The van der Waals surface area contributed by atoms with Crippen LogP contribution in [0.1, 0.15) is 26.4 Å². The minimum absolute atomic E-state index is 0.131. The van der Waals surface area contributed by atoms with Crippen molar-refractivity contribution in [3.63, 3.8) is 0 Å². The smallest absolute Gasteiger partial charge is 0.194 e. The first-order valence-corrected chi connectivity index (χ1v) is 6.92. The molecule has 0 aliphatic carbocycles. The van der Waals surface area contributed by atoms with E-state index in [1.54, 1.807) is 11.3 Å². The Bertz CT molecular complexity index is 545. The van der Waals surface area contributed by atoms with Gasteiger partial charge in [0.05, 0.1) is 0 Å². The molecule has 0 atom stereocenters. The summed E-state index contributed by atoms with van der Waals surface area (Å²) in [7, 11) is 1.92. The minimum atomic E-state index is 0.131. The Kier molecular flexibility index (Phi) is 4.28. The van der Waals surface area contributed by atoms with Crippen molar-refractivity contribution in [2.24, 2.45) is 0 Å². The summed E-state index contributed by atoms with van der Waals surface area (Å²) in [5.41, 5.74) is 2.74. The standard InChI is InChI=1S/C15H17NOS/c1-11-9-13(10-18-11)15(17)14-6-4-3-5-12(14)7-8-16-2/h3-6,9-10,16H,7-8H2,1-2H3. The molecule has 18 heavy (non-hydrogen) atoms. The Hall–Kier alpha value is -1.45. The van der Waals surface area contributed by atoms with Crippen LogP contribution in [0.15, 0.2) is 35.7 Å². The maximum absolute atomic E-state index is 12.4. The Morgan fingerprint density at radius 2 is 2.11 bits per heavy atom. The van der Waals surface area contributed by atoms with Crippen molar-refractivity contribution in [2.75, 3.05) is 13.6 Å². The lowest BCUT2D eigenvalue weighted by molar-refractivity contribution is 0.103. The van der Waals surface area contributed by atoms with Crippen molar-refractivity contribution in [1.82, 2.24) is 5.32 Å². The molecule has 2 aromatic rings. The van der Waals surface area contributed by atoms with E-state index in [0.29, 0.717) is 0 Å². The Morgan fingerprint density at radius 1 is 1.33 bits per heavy atom. The van der Waals surface area contributed by atoms with E-state index in [4.69, 9.17) is 0 Å². The van der Waals surface area contributed by atoms with Crippen LogP contribution in [0.5, 0.6) is 0 Å². The second-order valence-electron chi connectivity index (χ2n) is 4.29. The van der Waals surface area contributed by atoms with Gasteiger partial charge >= 0.3 is 0 Å². The quantitative estimate of drug-likeness (QED) is 0.836. The van der Waals surface area contributed by atoms with Crippen molar-refractivity contribution in [3.05, 3.63) is 57.3 Å². The van der Waals surface area contributed by atoms with E-state index >= 15 is 0 Å². The highest BCUT2D eigenvalue weighted by Crippen LogP contribution is 2.19. The van der Waals surface area contributed by atoms with E-state index in [-0.39, 0.29) is 5.78 Å². The van der Waals surface area contributed by atoms with Crippen molar-refractivity contribution >= 4 is 17.1 Å². The van der Waals surface area contributed by atoms with Crippen LogP contribution < -0.4 is 5.32 Å². The third-order valence-corrected chi connectivity index (χ3v) is 3.76. The number of rotatable bonds is 5. The minimum Gasteiger partial charge on any atom is -0.319 e. The molecule has 0 aliphatic rings. The summed E-state index contributed by atoms with van der Waals surface area (Å²) in [5.74, 6) is 0.131. The average Bonchev–Trinajstić information content (AvgIpc) is 2.82. The number of likely N-dealkylation sites (N-methyl/N-ethyl adjacent to an activating group) is 1. The van der Waals surface area contributed by atoms with Gasteiger partial charge in [-0.3, -0.25) is 4.79 Å². The number of ketones is 1.